The summed E-state index contributed by atoms with van der Waals surface area (Å²) in [7, 11) is 3.89. The zero-order chi connectivity index (χ0) is 19.6. The minimum absolute atomic E-state index is 0.139. The standard InChI is InChI=1S/C20H25FN4O2/c1-25(2)11-10-22-19(26)17-5-3-4-16(12-17)14-24-20(27)23-13-15-6-8-18(21)9-7-15/h3-9,12H,10-11,13-14H2,1-2H3,(H,22,26)(H2,23,24,27). The van der Waals surface area contributed by atoms with Crippen molar-refractivity contribution in [1.29, 1.82) is 0 Å². The fourth-order valence-corrected chi connectivity index (χ4v) is 2.35. The molecule has 6 nitrogen and oxygen atoms in total. The Labute approximate surface area is 158 Å². The summed E-state index contributed by atoms with van der Waals surface area (Å²) in [6, 6.07) is 12.7. The van der Waals surface area contributed by atoms with Crippen molar-refractivity contribution in [3.8, 4) is 0 Å². The molecule has 2 aromatic rings. The van der Waals surface area contributed by atoms with Crippen LogP contribution in [0.1, 0.15) is 21.5 Å². The summed E-state index contributed by atoms with van der Waals surface area (Å²) in [4.78, 5) is 26.0. The average Bonchev–Trinajstić information content (AvgIpc) is 2.65. The second kappa shape index (κ2) is 10.3. The molecule has 0 aliphatic carbocycles. The molecule has 0 radical (unpaired) electrons. The molecule has 0 aliphatic heterocycles. The maximum atomic E-state index is 12.9. The van der Waals surface area contributed by atoms with Crippen LogP contribution in [0.5, 0.6) is 0 Å². The number of benzene rings is 2. The zero-order valence-corrected chi connectivity index (χ0v) is 15.6. The van der Waals surface area contributed by atoms with Crippen LogP contribution in [0.3, 0.4) is 0 Å². The number of nitrogens with one attached hydrogen (secondary N) is 3. The number of carbonyl (C=O) groups is 2. The van der Waals surface area contributed by atoms with E-state index < -0.39 is 0 Å². The number of hydrogen-bond acceptors (Lipinski definition) is 3. The molecule has 27 heavy (non-hydrogen) atoms. The highest BCUT2D eigenvalue weighted by Crippen LogP contribution is 2.05. The second-order valence-electron chi connectivity index (χ2n) is 6.42. The Kier molecular flexibility index (Phi) is 7.76. The fourth-order valence-electron chi connectivity index (χ4n) is 2.35. The van der Waals surface area contributed by atoms with Crippen LogP contribution in [0.4, 0.5) is 9.18 Å². The lowest BCUT2D eigenvalue weighted by Crippen LogP contribution is -2.34. The number of carbonyl (C=O) groups excluding carboxylic acids is 2. The Morgan fingerprint density at radius 3 is 2.26 bits per heavy atom. The highest BCUT2D eigenvalue weighted by Gasteiger charge is 2.07. The molecule has 144 valence electrons. The molecule has 0 aromatic heterocycles. The third kappa shape index (κ3) is 7.45. The third-order valence-corrected chi connectivity index (χ3v) is 3.85. The SMILES string of the molecule is CN(C)CCNC(=O)c1cccc(CNC(=O)NCc2ccc(F)cc2)c1. The van der Waals surface area contributed by atoms with Crippen LogP contribution in [-0.2, 0) is 13.1 Å². The molecule has 3 N–H and O–H groups in total. The summed E-state index contributed by atoms with van der Waals surface area (Å²) in [6.07, 6.45) is 0. The maximum absolute atomic E-state index is 12.9. The molecule has 0 saturated carbocycles. The van der Waals surface area contributed by atoms with Gasteiger partial charge in [-0.2, -0.15) is 0 Å². The second-order valence-corrected chi connectivity index (χ2v) is 6.42. The van der Waals surface area contributed by atoms with E-state index in [0.717, 1.165) is 17.7 Å². The number of halogens is 1. The van der Waals surface area contributed by atoms with Gasteiger partial charge in [-0.25, -0.2) is 9.18 Å². The van der Waals surface area contributed by atoms with E-state index in [1.54, 1.807) is 30.3 Å². The molecule has 0 bridgehead atoms. The van der Waals surface area contributed by atoms with Crippen molar-refractivity contribution >= 4 is 11.9 Å². The predicted molar refractivity (Wildman–Crippen MR) is 103 cm³/mol. The van der Waals surface area contributed by atoms with Crippen molar-refractivity contribution in [2.75, 3.05) is 27.2 Å². The summed E-state index contributed by atoms with van der Waals surface area (Å²) in [5.41, 5.74) is 2.19. The normalized spacial score (nSPS) is 10.5. The van der Waals surface area contributed by atoms with Crippen LogP contribution in [0.25, 0.3) is 0 Å². The van der Waals surface area contributed by atoms with E-state index in [1.807, 2.05) is 25.1 Å². The first-order chi connectivity index (χ1) is 12.9. The van der Waals surface area contributed by atoms with E-state index in [1.165, 1.54) is 12.1 Å². The van der Waals surface area contributed by atoms with Gasteiger partial charge >= 0.3 is 6.03 Å². The van der Waals surface area contributed by atoms with Gasteiger partial charge in [-0.05, 0) is 49.5 Å². The molecule has 0 fully saturated rings. The van der Waals surface area contributed by atoms with Gasteiger partial charge in [0.2, 0.25) is 0 Å². The van der Waals surface area contributed by atoms with Crippen molar-refractivity contribution in [1.82, 2.24) is 20.9 Å². The molecule has 0 saturated heterocycles. The summed E-state index contributed by atoms with van der Waals surface area (Å²) < 4.78 is 12.9. The predicted octanol–water partition coefficient (Wildman–Crippen LogP) is 2.12. The minimum Gasteiger partial charge on any atom is -0.351 e. The van der Waals surface area contributed by atoms with E-state index in [-0.39, 0.29) is 17.8 Å². The third-order valence-electron chi connectivity index (χ3n) is 3.85. The molecule has 0 aliphatic rings. The minimum atomic E-state index is -0.333. The molecular formula is C20H25FN4O2. The summed E-state index contributed by atoms with van der Waals surface area (Å²) in [6.45, 7) is 1.94. The lowest BCUT2D eigenvalue weighted by atomic mass is 10.1. The van der Waals surface area contributed by atoms with E-state index in [2.05, 4.69) is 16.0 Å². The average molecular weight is 372 g/mol. The Balaban J connectivity index is 1.78. The van der Waals surface area contributed by atoms with Crippen LogP contribution in [0.15, 0.2) is 48.5 Å². The van der Waals surface area contributed by atoms with Crippen molar-refractivity contribution in [2.24, 2.45) is 0 Å². The molecular weight excluding hydrogens is 347 g/mol. The Morgan fingerprint density at radius 1 is 0.926 bits per heavy atom. The monoisotopic (exact) mass is 372 g/mol. The lowest BCUT2D eigenvalue weighted by Gasteiger charge is -2.11. The molecule has 2 rings (SSSR count). The van der Waals surface area contributed by atoms with Crippen LogP contribution < -0.4 is 16.0 Å². The van der Waals surface area contributed by atoms with Gasteiger partial charge in [0.1, 0.15) is 5.82 Å². The van der Waals surface area contributed by atoms with E-state index in [4.69, 9.17) is 0 Å². The highest BCUT2D eigenvalue weighted by molar-refractivity contribution is 5.94. The first-order valence-corrected chi connectivity index (χ1v) is 8.72. The number of likely N-dealkylation sites (N-methyl/N-ethyl adjacent to an activating group) is 1. The molecule has 0 heterocycles. The highest BCUT2D eigenvalue weighted by atomic mass is 19.1. The maximum Gasteiger partial charge on any atom is 0.315 e. The number of amides is 3. The van der Waals surface area contributed by atoms with E-state index in [9.17, 15) is 14.0 Å². The van der Waals surface area contributed by atoms with Crippen molar-refractivity contribution < 1.29 is 14.0 Å². The first kappa shape index (κ1) is 20.4. The molecule has 0 spiro atoms. The number of hydrogen-bond donors (Lipinski definition) is 3. The molecule has 0 unspecified atom stereocenters. The Bertz CT molecular complexity index is 763. The first-order valence-electron chi connectivity index (χ1n) is 8.72. The summed E-state index contributed by atoms with van der Waals surface area (Å²) in [5.74, 6) is -0.451. The van der Waals surface area contributed by atoms with Crippen LogP contribution in [-0.4, -0.2) is 44.0 Å². The van der Waals surface area contributed by atoms with Gasteiger partial charge in [-0.1, -0.05) is 24.3 Å². The van der Waals surface area contributed by atoms with Gasteiger partial charge in [-0.15, -0.1) is 0 Å². The van der Waals surface area contributed by atoms with Crippen molar-refractivity contribution in [2.45, 2.75) is 13.1 Å². The van der Waals surface area contributed by atoms with Crippen molar-refractivity contribution in [3.63, 3.8) is 0 Å². The largest absolute Gasteiger partial charge is 0.351 e. The van der Waals surface area contributed by atoms with Crippen LogP contribution in [0, 0.1) is 5.82 Å². The van der Waals surface area contributed by atoms with Gasteiger partial charge in [0, 0.05) is 31.7 Å². The fraction of sp³-hybridized carbons (Fsp3) is 0.300. The van der Waals surface area contributed by atoms with Crippen LogP contribution in [0.2, 0.25) is 0 Å². The summed E-state index contributed by atoms with van der Waals surface area (Å²) in [5, 5.41) is 8.31. The summed E-state index contributed by atoms with van der Waals surface area (Å²) >= 11 is 0. The molecule has 3 amide bonds. The number of urea groups is 1. The molecule has 7 heteroatoms. The smallest absolute Gasteiger partial charge is 0.315 e. The van der Waals surface area contributed by atoms with Gasteiger partial charge in [-0.3, -0.25) is 4.79 Å². The van der Waals surface area contributed by atoms with E-state index >= 15 is 0 Å². The van der Waals surface area contributed by atoms with Gasteiger partial charge in [0.15, 0.2) is 0 Å². The van der Waals surface area contributed by atoms with E-state index in [0.29, 0.717) is 25.2 Å². The molecule has 0 atom stereocenters. The zero-order valence-electron chi connectivity index (χ0n) is 15.6. The number of rotatable bonds is 8. The van der Waals surface area contributed by atoms with Gasteiger partial charge in [0.05, 0.1) is 0 Å². The van der Waals surface area contributed by atoms with Crippen LogP contribution >= 0.6 is 0 Å². The topological polar surface area (TPSA) is 73.5 Å². The van der Waals surface area contributed by atoms with Crippen molar-refractivity contribution in [3.05, 3.63) is 71.0 Å². The number of nitrogens with zero attached hydrogens (tertiary/aromatic N) is 1. The van der Waals surface area contributed by atoms with Gasteiger partial charge in [0.25, 0.3) is 5.91 Å². The Hall–Kier alpha value is -2.93. The quantitative estimate of drug-likeness (QED) is 0.665. The molecule has 2 aromatic carbocycles. The Morgan fingerprint density at radius 2 is 1.59 bits per heavy atom. The lowest BCUT2D eigenvalue weighted by molar-refractivity contribution is 0.0951. The van der Waals surface area contributed by atoms with Gasteiger partial charge < -0.3 is 20.9 Å².